The number of fused-ring (bicyclic) bond motifs is 3. The van der Waals surface area contributed by atoms with Crippen molar-refractivity contribution < 1.29 is 20.4 Å². The quantitative estimate of drug-likeness (QED) is 0.430. The van der Waals surface area contributed by atoms with Crippen LogP contribution in [0.1, 0.15) is 26.5 Å². The first-order valence-corrected chi connectivity index (χ1v) is 8.77. The summed E-state index contributed by atoms with van der Waals surface area (Å²) in [7, 11) is 0. The van der Waals surface area contributed by atoms with Gasteiger partial charge in [-0.05, 0) is 0 Å². The molecule has 3 rings (SSSR count). The van der Waals surface area contributed by atoms with Crippen LogP contribution in [0.25, 0.3) is 11.1 Å². The molecule has 0 radical (unpaired) electrons. The number of hydrogen-bond donors (Lipinski definition) is 0. The van der Waals surface area contributed by atoms with Crippen LogP contribution in [0.5, 0.6) is 0 Å². The van der Waals surface area contributed by atoms with E-state index in [4.69, 9.17) is 0 Å². The Labute approximate surface area is 143 Å². The van der Waals surface area contributed by atoms with Crippen molar-refractivity contribution in [2.45, 2.75) is 18.1 Å². The van der Waals surface area contributed by atoms with Gasteiger partial charge < -0.3 is 0 Å². The van der Waals surface area contributed by atoms with Gasteiger partial charge in [0.25, 0.3) is 0 Å². The molecule has 1 aliphatic rings. The van der Waals surface area contributed by atoms with Gasteiger partial charge in [-0.25, -0.2) is 0 Å². The molecule has 2 aromatic carbocycles. The Morgan fingerprint density at radius 3 is 2.15 bits per heavy atom. The van der Waals surface area contributed by atoms with Crippen molar-refractivity contribution in [3.63, 3.8) is 0 Å². The summed E-state index contributed by atoms with van der Waals surface area (Å²) in [5, 5.41) is 0. The van der Waals surface area contributed by atoms with Crippen LogP contribution >= 0.6 is 23.2 Å². The Morgan fingerprint density at radius 1 is 0.900 bits per heavy atom. The topological polar surface area (TPSA) is 0 Å². The van der Waals surface area contributed by atoms with Crippen molar-refractivity contribution in [1.82, 2.24) is 0 Å². The van der Waals surface area contributed by atoms with Gasteiger partial charge in [-0.15, -0.1) is 23.2 Å². The Kier molecular flexibility index (Phi) is 7.33. The van der Waals surface area contributed by atoms with Gasteiger partial charge in [-0.2, -0.15) is 0 Å². The predicted octanol–water partition coefficient (Wildman–Crippen LogP) is 5.63. The summed E-state index contributed by atoms with van der Waals surface area (Å²) < 4.78 is 0.546. The van der Waals surface area contributed by atoms with Crippen molar-refractivity contribution in [2.75, 3.05) is 12.8 Å². The average Bonchev–Trinajstić information content (AvgIpc) is 2.77. The van der Waals surface area contributed by atoms with Gasteiger partial charge in [0.05, 0.1) is 0 Å². The van der Waals surface area contributed by atoms with E-state index in [1.54, 1.807) is 0 Å². The molecule has 0 aliphatic heterocycles. The Balaban J connectivity index is 0.000000461. The molecule has 0 spiro atoms. The first kappa shape index (κ1) is 17.8. The molecular weight excluding hydrogens is 323 g/mol. The zero-order valence-electron chi connectivity index (χ0n) is 12.3. The number of rotatable bonds is 0. The first-order valence-electron chi connectivity index (χ1n) is 6.35. The Bertz CT molecular complexity index is 579. The summed E-state index contributed by atoms with van der Waals surface area (Å²) in [6.07, 6.45) is 2.94. The van der Waals surface area contributed by atoms with Crippen LogP contribution in [0.15, 0.2) is 36.4 Å². The number of hydrogen-bond acceptors (Lipinski definition) is 0. The van der Waals surface area contributed by atoms with Crippen molar-refractivity contribution in [1.29, 1.82) is 0 Å². The van der Waals surface area contributed by atoms with Gasteiger partial charge in [-0.1, -0.05) is 0 Å². The molecule has 0 heterocycles. The van der Waals surface area contributed by atoms with Crippen LogP contribution in [0, 0.1) is 13.8 Å². The first-order chi connectivity index (χ1) is 9.68. The monoisotopic (exact) mass is 341 g/mol. The van der Waals surface area contributed by atoms with Crippen LogP contribution in [-0.4, -0.2) is 12.8 Å². The minimum atomic E-state index is 0.546. The van der Waals surface area contributed by atoms with E-state index in [2.05, 4.69) is 93.9 Å². The van der Waals surface area contributed by atoms with E-state index in [0.29, 0.717) is 4.22 Å². The maximum atomic E-state index is 4.64. The van der Waals surface area contributed by atoms with Gasteiger partial charge in [0.15, 0.2) is 0 Å². The summed E-state index contributed by atoms with van der Waals surface area (Å²) in [6.45, 7) is 4.41. The molecule has 0 N–H and O–H groups in total. The summed E-state index contributed by atoms with van der Waals surface area (Å²) >= 11 is 11.6. The summed E-state index contributed by atoms with van der Waals surface area (Å²) in [5.74, 6) is 0. The van der Waals surface area contributed by atoms with Crippen LogP contribution < -0.4 is 0 Å². The van der Waals surface area contributed by atoms with E-state index in [0.717, 1.165) is 0 Å². The van der Waals surface area contributed by atoms with E-state index in [1.807, 2.05) is 0 Å². The Hall–Kier alpha value is -0.266. The zero-order chi connectivity index (χ0) is 15.3. The average molecular weight is 342 g/mol. The summed E-state index contributed by atoms with van der Waals surface area (Å²) in [4.78, 5) is 0. The molecular formula is C17H19Cl2Ti. The third kappa shape index (κ3) is 3.31. The van der Waals surface area contributed by atoms with E-state index in [9.17, 15) is 0 Å². The van der Waals surface area contributed by atoms with Crippen LogP contribution in [0.2, 0.25) is 0 Å². The van der Waals surface area contributed by atoms with Crippen LogP contribution in [-0.2, 0) is 20.4 Å². The number of aryl methyl sites for hydroxylation is 2. The van der Waals surface area contributed by atoms with Gasteiger partial charge in [0.2, 0.25) is 0 Å². The van der Waals surface area contributed by atoms with Gasteiger partial charge in [0.1, 0.15) is 0 Å². The molecule has 0 bridgehead atoms. The molecule has 105 valence electrons. The molecule has 1 aliphatic carbocycles. The molecule has 0 nitrogen and oxygen atoms in total. The SMILES string of the molecule is CCl.CCl.Cc1cc(C)c2c(c1)[CH]([Ti])c1ccccc1-2. The molecule has 1 unspecified atom stereocenters. The fourth-order valence-corrected chi connectivity index (χ4v) is 3.49. The second-order valence-corrected chi connectivity index (χ2v) is 5.47. The van der Waals surface area contributed by atoms with Gasteiger partial charge in [-0.3, -0.25) is 0 Å². The van der Waals surface area contributed by atoms with Crippen molar-refractivity contribution in [3.05, 3.63) is 58.7 Å². The molecule has 0 saturated carbocycles. The standard InChI is InChI=1S/C15H13.2CH3Cl.Ti/c1-10-7-11(2)15-13(8-10)9-12-5-3-4-6-14(12)15;2*1-2;/h3-9H,1-2H3;2*1H3;. The summed E-state index contributed by atoms with van der Waals surface area (Å²) in [6, 6.07) is 13.4. The molecule has 3 heteroatoms. The molecule has 2 aromatic rings. The minimum absolute atomic E-state index is 0.546. The fraction of sp³-hybridized carbons (Fsp3) is 0.294. The molecule has 0 amide bonds. The maximum absolute atomic E-state index is 4.64. The van der Waals surface area contributed by atoms with E-state index in [-0.39, 0.29) is 0 Å². The third-order valence-electron chi connectivity index (χ3n) is 3.36. The molecule has 1 atom stereocenters. The van der Waals surface area contributed by atoms with Crippen molar-refractivity contribution in [3.8, 4) is 11.1 Å². The zero-order valence-corrected chi connectivity index (χ0v) is 15.4. The van der Waals surface area contributed by atoms with Gasteiger partial charge >= 0.3 is 108 Å². The number of benzene rings is 2. The predicted molar refractivity (Wildman–Crippen MR) is 86.7 cm³/mol. The van der Waals surface area contributed by atoms with E-state index >= 15 is 0 Å². The number of alkyl halides is 2. The van der Waals surface area contributed by atoms with Crippen molar-refractivity contribution >= 4 is 23.2 Å². The normalized spacial score (nSPS) is 14.2. The Morgan fingerprint density at radius 2 is 1.50 bits per heavy atom. The van der Waals surface area contributed by atoms with E-state index < -0.39 is 0 Å². The van der Waals surface area contributed by atoms with Crippen LogP contribution in [0.4, 0.5) is 0 Å². The van der Waals surface area contributed by atoms with Crippen LogP contribution in [0.3, 0.4) is 0 Å². The van der Waals surface area contributed by atoms with Crippen molar-refractivity contribution in [2.24, 2.45) is 0 Å². The number of halogens is 2. The third-order valence-corrected chi connectivity index (χ3v) is 4.33. The van der Waals surface area contributed by atoms with E-state index in [1.165, 1.54) is 46.1 Å². The fourth-order valence-electron chi connectivity index (χ4n) is 2.74. The molecule has 20 heavy (non-hydrogen) atoms. The molecule has 0 aromatic heterocycles. The molecule has 0 fully saturated rings. The molecule has 0 saturated heterocycles. The second-order valence-electron chi connectivity index (χ2n) is 4.57. The summed E-state index contributed by atoms with van der Waals surface area (Å²) in [5.41, 5.74) is 8.66. The van der Waals surface area contributed by atoms with Gasteiger partial charge in [0, 0.05) is 12.8 Å². The second kappa shape index (κ2) is 8.24.